The molecule has 0 aromatic heterocycles. The van der Waals surface area contributed by atoms with E-state index in [9.17, 15) is 13.6 Å². The summed E-state index contributed by atoms with van der Waals surface area (Å²) in [5.41, 5.74) is 14.2. The third-order valence-electron chi connectivity index (χ3n) is 6.24. The lowest BCUT2D eigenvalue weighted by atomic mass is 9.79. The maximum absolute atomic E-state index is 14.6. The molecule has 0 atom stereocenters. The molecule has 0 radical (unpaired) electrons. The van der Waals surface area contributed by atoms with E-state index in [2.05, 4.69) is 6.92 Å². The number of nitrogen functional groups attached to an aromatic ring is 2. The summed E-state index contributed by atoms with van der Waals surface area (Å²) >= 11 is 0. The van der Waals surface area contributed by atoms with Gasteiger partial charge in [-0.2, -0.15) is 8.78 Å². The summed E-state index contributed by atoms with van der Waals surface area (Å²) in [6.45, 7) is 2.32. The molecule has 1 aliphatic rings. The first-order chi connectivity index (χ1) is 16.2. The van der Waals surface area contributed by atoms with E-state index in [1.54, 1.807) is 36.4 Å². The number of anilines is 2. The van der Waals surface area contributed by atoms with Gasteiger partial charge in [-0.15, -0.1) is 0 Å². The Kier molecular flexibility index (Phi) is 8.91. The lowest BCUT2D eigenvalue weighted by Crippen LogP contribution is -2.37. The van der Waals surface area contributed by atoms with E-state index in [4.69, 9.17) is 20.9 Å². The van der Waals surface area contributed by atoms with Gasteiger partial charge >= 0.3 is 12.1 Å². The number of esters is 1. The molecule has 34 heavy (non-hydrogen) atoms. The molecule has 5 nitrogen and oxygen atoms in total. The Bertz CT molecular complexity index is 948. The smallest absolute Gasteiger partial charge is 0.400 e. The van der Waals surface area contributed by atoms with Gasteiger partial charge < -0.3 is 20.9 Å². The topological polar surface area (TPSA) is 87.6 Å². The molecule has 0 bridgehead atoms. The summed E-state index contributed by atoms with van der Waals surface area (Å²) in [6.07, 6.45) is 5.04. The van der Waals surface area contributed by atoms with Crippen molar-refractivity contribution in [2.75, 3.05) is 18.1 Å². The molecule has 0 unspecified atom stereocenters. The van der Waals surface area contributed by atoms with Gasteiger partial charge in [-0.3, -0.25) is 0 Å². The fourth-order valence-electron chi connectivity index (χ4n) is 4.45. The van der Waals surface area contributed by atoms with Gasteiger partial charge in [0.2, 0.25) is 0 Å². The van der Waals surface area contributed by atoms with Gasteiger partial charge in [-0.1, -0.05) is 31.9 Å². The monoisotopic (exact) mass is 472 g/mol. The second kappa shape index (κ2) is 11.9. The van der Waals surface area contributed by atoms with Gasteiger partial charge in [-0.25, -0.2) is 4.79 Å². The first kappa shape index (κ1) is 25.5. The van der Waals surface area contributed by atoms with Crippen LogP contribution in [0.5, 0.6) is 5.75 Å². The Hall–Kier alpha value is -3.09. The fourth-order valence-corrected chi connectivity index (χ4v) is 4.45. The number of carbonyl (C=O) groups is 1. The summed E-state index contributed by atoms with van der Waals surface area (Å²) in [4.78, 5) is 12.0. The highest BCUT2D eigenvalue weighted by molar-refractivity contribution is 5.87. The van der Waals surface area contributed by atoms with Crippen molar-refractivity contribution in [2.45, 2.75) is 58.0 Å². The number of hydrogen-bond donors (Lipinski definition) is 2. The predicted octanol–water partition coefficient (Wildman–Crippen LogP) is 6.23. The average Bonchev–Trinajstić information content (AvgIpc) is 2.78. The largest absolute Gasteiger partial charge is 0.462 e. The van der Waals surface area contributed by atoms with Crippen LogP contribution in [0.25, 0.3) is 6.08 Å². The Morgan fingerprint density at radius 3 is 2.32 bits per heavy atom. The maximum Gasteiger partial charge on any atom is 0.400 e. The number of halogens is 2. The normalized spacial score (nSPS) is 18.7. The zero-order chi connectivity index (χ0) is 24.6. The van der Waals surface area contributed by atoms with E-state index in [0.717, 1.165) is 31.2 Å². The molecule has 0 heterocycles. The molecular formula is C27H34F2N2O3. The molecule has 4 N–H and O–H groups in total. The molecule has 1 aliphatic carbocycles. The molecular weight excluding hydrogens is 438 g/mol. The Labute approximate surface area is 200 Å². The van der Waals surface area contributed by atoms with Crippen molar-refractivity contribution in [3.05, 3.63) is 59.7 Å². The highest BCUT2D eigenvalue weighted by atomic mass is 19.3. The van der Waals surface area contributed by atoms with Crippen LogP contribution < -0.4 is 16.2 Å². The van der Waals surface area contributed by atoms with Crippen molar-refractivity contribution in [3.8, 4) is 5.75 Å². The van der Waals surface area contributed by atoms with E-state index in [1.165, 1.54) is 18.2 Å². The van der Waals surface area contributed by atoms with Gasteiger partial charge in [0, 0.05) is 23.9 Å². The Morgan fingerprint density at radius 1 is 1.06 bits per heavy atom. The molecule has 2 aromatic carbocycles. The average molecular weight is 473 g/mol. The van der Waals surface area contributed by atoms with Gasteiger partial charge in [0.1, 0.15) is 5.75 Å². The lowest BCUT2D eigenvalue weighted by Gasteiger charge is -2.33. The van der Waals surface area contributed by atoms with Gasteiger partial charge in [-0.05, 0) is 79.1 Å². The maximum atomic E-state index is 14.6. The number of benzene rings is 2. The molecule has 3 rings (SSSR count). The minimum Gasteiger partial charge on any atom is -0.462 e. The zero-order valence-corrected chi connectivity index (χ0v) is 19.6. The van der Waals surface area contributed by atoms with E-state index in [1.807, 2.05) is 0 Å². The number of rotatable bonds is 10. The zero-order valence-electron chi connectivity index (χ0n) is 19.6. The Balaban J connectivity index is 1.45. The van der Waals surface area contributed by atoms with Crippen LogP contribution in [0.15, 0.2) is 48.5 Å². The molecule has 7 heteroatoms. The standard InChI is InChI=1S/C27H34F2N2O3/c1-2-3-19-4-9-22(10-5-19)27(28,29)34-25-11-6-20(7-12-25)8-13-26(32)33-15-14-21-16-23(30)18-24(31)17-21/h6-8,11-13,16-19,22H,2-5,9-10,14-15,30-31H2,1H3/b13-8+. The number of alkyl halides is 2. The summed E-state index contributed by atoms with van der Waals surface area (Å²) in [6, 6.07) is 11.5. The highest BCUT2D eigenvalue weighted by Gasteiger charge is 2.43. The van der Waals surface area contributed by atoms with Crippen molar-refractivity contribution in [1.29, 1.82) is 0 Å². The summed E-state index contributed by atoms with van der Waals surface area (Å²) < 4.78 is 39.5. The van der Waals surface area contributed by atoms with Crippen LogP contribution in [0.1, 0.15) is 56.6 Å². The molecule has 184 valence electrons. The molecule has 1 saturated carbocycles. The second-order valence-electron chi connectivity index (χ2n) is 9.00. The minimum atomic E-state index is -3.19. The molecule has 0 amide bonds. The van der Waals surface area contributed by atoms with Gasteiger partial charge in [0.25, 0.3) is 0 Å². The van der Waals surface area contributed by atoms with Crippen LogP contribution in [-0.2, 0) is 16.0 Å². The number of nitrogens with two attached hydrogens (primary N) is 2. The van der Waals surface area contributed by atoms with Crippen LogP contribution >= 0.6 is 0 Å². The van der Waals surface area contributed by atoms with Crippen molar-refractivity contribution < 1.29 is 23.0 Å². The quantitative estimate of drug-likeness (QED) is 0.243. The van der Waals surface area contributed by atoms with Crippen LogP contribution in [0.4, 0.5) is 20.2 Å². The number of ether oxygens (including phenoxy) is 2. The van der Waals surface area contributed by atoms with Crippen LogP contribution in [-0.4, -0.2) is 18.7 Å². The molecule has 0 spiro atoms. The molecule has 0 saturated heterocycles. The molecule has 2 aromatic rings. The molecule has 0 aliphatic heterocycles. The third-order valence-corrected chi connectivity index (χ3v) is 6.24. The van der Waals surface area contributed by atoms with E-state index < -0.39 is 18.0 Å². The lowest BCUT2D eigenvalue weighted by molar-refractivity contribution is -0.223. The summed E-state index contributed by atoms with van der Waals surface area (Å²) in [7, 11) is 0. The number of hydrogen-bond acceptors (Lipinski definition) is 5. The van der Waals surface area contributed by atoms with Gasteiger partial charge in [0.05, 0.1) is 12.5 Å². The summed E-state index contributed by atoms with van der Waals surface area (Å²) in [5, 5.41) is 0. The number of carbonyl (C=O) groups excluding carboxylic acids is 1. The van der Waals surface area contributed by atoms with Crippen LogP contribution in [0, 0.1) is 11.8 Å². The van der Waals surface area contributed by atoms with Crippen molar-refractivity contribution in [1.82, 2.24) is 0 Å². The SMILES string of the molecule is CCCC1CCC(C(F)(F)Oc2ccc(/C=C/C(=O)OCCc3cc(N)cc(N)c3)cc2)CC1. The summed E-state index contributed by atoms with van der Waals surface area (Å²) in [5.74, 6) is -0.575. The van der Waals surface area contributed by atoms with Gasteiger partial charge in [0.15, 0.2) is 0 Å². The van der Waals surface area contributed by atoms with Crippen molar-refractivity contribution in [3.63, 3.8) is 0 Å². The third kappa shape index (κ3) is 7.75. The Morgan fingerprint density at radius 2 is 1.71 bits per heavy atom. The first-order valence-electron chi connectivity index (χ1n) is 11.9. The van der Waals surface area contributed by atoms with E-state index in [-0.39, 0.29) is 12.4 Å². The van der Waals surface area contributed by atoms with Crippen molar-refractivity contribution in [2.24, 2.45) is 11.8 Å². The van der Waals surface area contributed by atoms with Crippen LogP contribution in [0.2, 0.25) is 0 Å². The fraction of sp³-hybridized carbons (Fsp3) is 0.444. The molecule has 1 fully saturated rings. The van der Waals surface area contributed by atoms with Crippen molar-refractivity contribution >= 4 is 23.4 Å². The minimum absolute atomic E-state index is 0.113. The predicted molar refractivity (Wildman–Crippen MR) is 131 cm³/mol. The van der Waals surface area contributed by atoms with Crippen LogP contribution in [0.3, 0.4) is 0 Å². The van der Waals surface area contributed by atoms with E-state index in [0.29, 0.717) is 42.1 Å². The second-order valence-corrected chi connectivity index (χ2v) is 9.00. The first-order valence-corrected chi connectivity index (χ1v) is 11.9. The van der Waals surface area contributed by atoms with E-state index >= 15 is 0 Å². The highest BCUT2D eigenvalue weighted by Crippen LogP contribution is 2.41.